The van der Waals surface area contributed by atoms with Crippen molar-refractivity contribution in [1.29, 1.82) is 0 Å². The Kier molecular flexibility index (Phi) is 8.52. The van der Waals surface area contributed by atoms with Crippen molar-refractivity contribution >= 4 is 23.5 Å². The van der Waals surface area contributed by atoms with Crippen LogP contribution in [-0.2, 0) is 34.0 Å². The van der Waals surface area contributed by atoms with Gasteiger partial charge in [-0.2, -0.15) is 0 Å². The van der Waals surface area contributed by atoms with Crippen LogP contribution in [0.25, 0.3) is 0 Å². The first kappa shape index (κ1) is 25.9. The number of amides is 2. The Morgan fingerprint density at radius 1 is 1.19 bits per heavy atom. The second-order valence-electron chi connectivity index (χ2n) is 8.93. The average Bonchev–Trinajstić information content (AvgIpc) is 3.39. The molecule has 4 N–H and O–H groups in total. The monoisotopic (exact) mass is 504 g/mol. The molecule has 1 unspecified atom stereocenters. The molecule has 0 fully saturated rings. The highest BCUT2D eigenvalue weighted by atomic mass is 16.5. The fraction of sp³-hybridized carbons (Fsp3) is 0.333. The van der Waals surface area contributed by atoms with Gasteiger partial charge < -0.3 is 30.6 Å². The molecule has 0 saturated carbocycles. The molecule has 1 atom stereocenters. The molecule has 2 heterocycles. The lowest BCUT2D eigenvalue weighted by atomic mass is 10.1. The molecular weight excluding hydrogens is 472 g/mol. The fourth-order valence-electron chi connectivity index (χ4n) is 4.36. The zero-order valence-electron chi connectivity index (χ0n) is 20.9. The van der Waals surface area contributed by atoms with Crippen molar-refractivity contribution in [2.45, 2.75) is 38.5 Å². The van der Waals surface area contributed by atoms with Crippen molar-refractivity contribution in [3.8, 4) is 0 Å². The molecule has 194 valence electrons. The van der Waals surface area contributed by atoms with Gasteiger partial charge in [0.2, 0.25) is 5.91 Å². The Morgan fingerprint density at radius 3 is 2.70 bits per heavy atom. The Morgan fingerprint density at radius 2 is 2.00 bits per heavy atom. The predicted octanol–water partition coefficient (Wildman–Crippen LogP) is 2.29. The largest absolute Gasteiger partial charge is 0.469 e. The van der Waals surface area contributed by atoms with E-state index in [2.05, 4.69) is 15.3 Å². The van der Waals surface area contributed by atoms with Crippen LogP contribution in [0.2, 0.25) is 0 Å². The number of carbonyl (C=O) groups excluding carboxylic acids is 3. The first-order valence-corrected chi connectivity index (χ1v) is 12.2. The molecule has 10 heteroatoms. The van der Waals surface area contributed by atoms with Crippen LogP contribution < -0.4 is 11.1 Å². The van der Waals surface area contributed by atoms with Crippen LogP contribution >= 0.6 is 0 Å². The first-order valence-electron chi connectivity index (χ1n) is 12.2. The van der Waals surface area contributed by atoms with Gasteiger partial charge in [-0.3, -0.25) is 14.4 Å². The van der Waals surface area contributed by atoms with E-state index in [1.807, 2.05) is 36.4 Å². The summed E-state index contributed by atoms with van der Waals surface area (Å²) in [5, 5.41) is 3.19. The van der Waals surface area contributed by atoms with Crippen molar-refractivity contribution in [3.63, 3.8) is 0 Å². The van der Waals surface area contributed by atoms with Gasteiger partial charge in [0.25, 0.3) is 5.91 Å². The Balaban J connectivity index is 1.62. The highest BCUT2D eigenvalue weighted by Crippen LogP contribution is 2.27. The molecule has 0 saturated heterocycles. The smallest absolute Gasteiger partial charge is 0.308 e. The molecule has 1 aliphatic heterocycles. The molecule has 2 aromatic carbocycles. The van der Waals surface area contributed by atoms with Crippen molar-refractivity contribution in [2.24, 2.45) is 5.73 Å². The number of carbonyl (C=O) groups is 3. The number of nitrogens with two attached hydrogens (primary N) is 1. The van der Waals surface area contributed by atoms with E-state index in [0.717, 1.165) is 11.1 Å². The molecule has 3 aromatic rings. The fourth-order valence-corrected chi connectivity index (χ4v) is 4.36. The maximum Gasteiger partial charge on any atom is 0.308 e. The number of methoxy groups -OCH3 is 1. The minimum Gasteiger partial charge on any atom is -0.469 e. The minimum absolute atomic E-state index is 0.0947. The quantitative estimate of drug-likeness (QED) is 0.361. The van der Waals surface area contributed by atoms with E-state index in [9.17, 15) is 14.4 Å². The summed E-state index contributed by atoms with van der Waals surface area (Å²) in [6, 6.07) is 14.4. The highest BCUT2D eigenvalue weighted by molar-refractivity contribution is 5.96. The lowest BCUT2D eigenvalue weighted by molar-refractivity contribution is -0.144. The zero-order chi connectivity index (χ0) is 26.2. The third kappa shape index (κ3) is 6.53. The maximum absolute atomic E-state index is 13.7. The van der Waals surface area contributed by atoms with Gasteiger partial charge in [0.05, 0.1) is 20.1 Å². The van der Waals surface area contributed by atoms with Crippen LogP contribution in [0.15, 0.2) is 60.9 Å². The number of hydrogen-bond acceptors (Lipinski definition) is 7. The number of nitrogens with zero attached hydrogens (tertiary/aromatic N) is 3. The number of fused-ring (bicyclic) bond motifs is 1. The van der Waals surface area contributed by atoms with Crippen LogP contribution in [0.1, 0.15) is 40.2 Å². The normalized spacial score (nSPS) is 14.9. The molecule has 4 rings (SSSR count). The molecule has 37 heavy (non-hydrogen) atoms. The molecule has 10 nitrogen and oxygen atoms in total. The molecule has 0 bridgehead atoms. The van der Waals surface area contributed by atoms with Gasteiger partial charge in [-0.25, -0.2) is 4.98 Å². The van der Waals surface area contributed by atoms with Crippen molar-refractivity contribution in [3.05, 3.63) is 83.4 Å². The Hall–Kier alpha value is -4.18. The predicted molar refractivity (Wildman–Crippen MR) is 138 cm³/mol. The third-order valence-corrected chi connectivity index (χ3v) is 6.28. The van der Waals surface area contributed by atoms with Gasteiger partial charge in [0.1, 0.15) is 11.9 Å². The number of anilines is 1. The SMILES string of the molecule is COC(=O)CC1Nc2ccc(C(=O)N(Cc3ccccc3)Cc3ncc[nH]3)cc2CN(CCCN)C1=O. The summed E-state index contributed by atoms with van der Waals surface area (Å²) < 4.78 is 4.79. The number of nitrogens with one attached hydrogen (secondary N) is 2. The van der Waals surface area contributed by atoms with E-state index in [4.69, 9.17) is 10.5 Å². The van der Waals surface area contributed by atoms with Gasteiger partial charge in [0, 0.05) is 43.3 Å². The van der Waals surface area contributed by atoms with Crippen LogP contribution in [0.5, 0.6) is 0 Å². The molecule has 0 spiro atoms. The van der Waals surface area contributed by atoms with Crippen LogP contribution in [0.4, 0.5) is 5.69 Å². The summed E-state index contributed by atoms with van der Waals surface area (Å²) in [6.07, 6.45) is 3.92. The van der Waals surface area contributed by atoms with Crippen LogP contribution in [-0.4, -0.2) is 63.8 Å². The number of imidazole rings is 1. The number of aromatic amines is 1. The molecule has 1 aromatic heterocycles. The lowest BCUT2D eigenvalue weighted by Gasteiger charge is -2.24. The van der Waals surface area contributed by atoms with Gasteiger partial charge in [0.15, 0.2) is 0 Å². The summed E-state index contributed by atoms with van der Waals surface area (Å²) in [4.78, 5) is 49.7. The number of H-pyrrole nitrogens is 1. The van der Waals surface area contributed by atoms with E-state index in [1.54, 1.807) is 34.3 Å². The van der Waals surface area contributed by atoms with Crippen molar-refractivity contribution in [1.82, 2.24) is 19.8 Å². The Bertz CT molecular complexity index is 1210. The summed E-state index contributed by atoms with van der Waals surface area (Å²) in [6.45, 7) is 1.92. The summed E-state index contributed by atoms with van der Waals surface area (Å²) >= 11 is 0. The minimum atomic E-state index is -0.762. The number of rotatable bonds is 10. The summed E-state index contributed by atoms with van der Waals surface area (Å²) in [5.74, 6) is -0.149. The standard InChI is InChI=1S/C27H32N6O4/c1-37-25(34)15-23-27(36)32(13-5-10-28)17-21-14-20(8-9-22(21)31-23)26(35)33(18-24-29-11-12-30-24)16-19-6-3-2-4-7-19/h2-4,6-9,11-12,14,23,31H,5,10,13,15-18,28H2,1H3,(H,29,30). The van der Waals surface area contributed by atoms with Crippen molar-refractivity contribution in [2.75, 3.05) is 25.5 Å². The lowest BCUT2D eigenvalue weighted by Crippen LogP contribution is -2.42. The van der Waals surface area contributed by atoms with Gasteiger partial charge in [-0.05, 0) is 42.3 Å². The molecule has 2 amide bonds. The van der Waals surface area contributed by atoms with E-state index in [1.165, 1.54) is 7.11 Å². The second kappa shape index (κ2) is 12.2. The zero-order valence-corrected chi connectivity index (χ0v) is 20.9. The topological polar surface area (TPSA) is 134 Å². The molecule has 1 aliphatic rings. The molecule has 0 radical (unpaired) electrons. The Labute approximate surface area is 215 Å². The summed E-state index contributed by atoms with van der Waals surface area (Å²) in [5.41, 5.74) is 8.69. The van der Waals surface area contributed by atoms with E-state index in [0.29, 0.717) is 56.2 Å². The van der Waals surface area contributed by atoms with Gasteiger partial charge in [-0.15, -0.1) is 0 Å². The van der Waals surface area contributed by atoms with E-state index >= 15 is 0 Å². The van der Waals surface area contributed by atoms with Crippen LogP contribution in [0.3, 0.4) is 0 Å². The van der Waals surface area contributed by atoms with E-state index < -0.39 is 12.0 Å². The number of benzene rings is 2. The molecular formula is C27H32N6O4. The molecule has 0 aliphatic carbocycles. The second-order valence-corrected chi connectivity index (χ2v) is 8.93. The number of ether oxygens (including phenoxy) is 1. The van der Waals surface area contributed by atoms with Gasteiger partial charge >= 0.3 is 5.97 Å². The highest BCUT2D eigenvalue weighted by Gasteiger charge is 2.31. The summed E-state index contributed by atoms with van der Waals surface area (Å²) in [7, 11) is 1.30. The van der Waals surface area contributed by atoms with E-state index in [-0.39, 0.29) is 18.2 Å². The number of esters is 1. The van der Waals surface area contributed by atoms with Crippen molar-refractivity contribution < 1.29 is 19.1 Å². The first-order chi connectivity index (χ1) is 18.0. The number of aromatic nitrogens is 2. The average molecular weight is 505 g/mol. The maximum atomic E-state index is 13.7. The third-order valence-electron chi connectivity index (χ3n) is 6.28. The number of hydrogen-bond donors (Lipinski definition) is 3. The van der Waals surface area contributed by atoms with Crippen LogP contribution in [0, 0.1) is 0 Å². The van der Waals surface area contributed by atoms with Gasteiger partial charge in [-0.1, -0.05) is 30.3 Å².